The third-order valence-corrected chi connectivity index (χ3v) is 6.40. The van der Waals surface area contributed by atoms with E-state index < -0.39 is 9.84 Å². The minimum atomic E-state index is -2.99. The first kappa shape index (κ1) is 18.0. The second-order valence-electron chi connectivity index (χ2n) is 6.87. The van der Waals surface area contributed by atoms with E-state index in [-0.39, 0.29) is 41.4 Å². The monoisotopic (exact) mass is 345 g/mol. The fourth-order valence-corrected chi connectivity index (χ4v) is 4.99. The zero-order chi connectivity index (χ0) is 17.2. The standard InChI is InChI=1S/C15H27N3O4S/c1-11(2)16-15(20)18-7-4-12(5-8-18)14(19)17(3)13-6-9-23(21,22)10-13/h11-13H,4-10H2,1-3H3,(H,16,20). The molecule has 0 aromatic rings. The maximum absolute atomic E-state index is 12.6. The smallest absolute Gasteiger partial charge is 0.317 e. The summed E-state index contributed by atoms with van der Waals surface area (Å²) in [6.07, 6.45) is 1.79. The van der Waals surface area contributed by atoms with Gasteiger partial charge >= 0.3 is 6.03 Å². The van der Waals surface area contributed by atoms with Crippen molar-refractivity contribution < 1.29 is 18.0 Å². The molecule has 1 N–H and O–H groups in total. The number of likely N-dealkylation sites (tertiary alicyclic amines) is 1. The third-order valence-electron chi connectivity index (χ3n) is 4.65. The fraction of sp³-hybridized carbons (Fsp3) is 0.867. The molecule has 0 aliphatic carbocycles. The zero-order valence-corrected chi connectivity index (χ0v) is 14.9. The minimum Gasteiger partial charge on any atom is -0.341 e. The highest BCUT2D eigenvalue weighted by atomic mass is 32.2. The van der Waals surface area contributed by atoms with E-state index in [1.54, 1.807) is 16.8 Å². The van der Waals surface area contributed by atoms with Crippen LogP contribution in [0.15, 0.2) is 0 Å². The lowest BCUT2D eigenvalue weighted by Gasteiger charge is -2.35. The highest BCUT2D eigenvalue weighted by Gasteiger charge is 2.36. The second-order valence-corrected chi connectivity index (χ2v) is 9.10. The van der Waals surface area contributed by atoms with Crippen molar-refractivity contribution in [2.45, 2.75) is 45.2 Å². The van der Waals surface area contributed by atoms with E-state index in [0.717, 1.165) is 0 Å². The molecule has 0 spiro atoms. The molecule has 0 bridgehead atoms. The Morgan fingerprint density at radius 1 is 1.17 bits per heavy atom. The van der Waals surface area contributed by atoms with Crippen LogP contribution in [0.25, 0.3) is 0 Å². The molecular formula is C15H27N3O4S. The topological polar surface area (TPSA) is 86.8 Å². The van der Waals surface area contributed by atoms with Crippen molar-refractivity contribution in [3.63, 3.8) is 0 Å². The summed E-state index contributed by atoms with van der Waals surface area (Å²) in [6.45, 7) is 4.95. The van der Waals surface area contributed by atoms with Gasteiger partial charge in [-0.2, -0.15) is 0 Å². The van der Waals surface area contributed by atoms with Crippen LogP contribution >= 0.6 is 0 Å². The number of hydrogen-bond donors (Lipinski definition) is 1. The Hall–Kier alpha value is -1.31. The van der Waals surface area contributed by atoms with Crippen LogP contribution < -0.4 is 5.32 Å². The number of carbonyl (C=O) groups excluding carboxylic acids is 2. The summed E-state index contributed by atoms with van der Waals surface area (Å²) >= 11 is 0. The number of sulfone groups is 1. The molecule has 7 nitrogen and oxygen atoms in total. The van der Waals surface area contributed by atoms with Crippen molar-refractivity contribution in [3.05, 3.63) is 0 Å². The van der Waals surface area contributed by atoms with Crippen LogP contribution in [0.5, 0.6) is 0 Å². The molecule has 2 aliphatic rings. The van der Waals surface area contributed by atoms with Crippen LogP contribution in [-0.2, 0) is 14.6 Å². The van der Waals surface area contributed by atoms with Gasteiger partial charge in [-0.1, -0.05) is 0 Å². The average molecular weight is 345 g/mol. The largest absolute Gasteiger partial charge is 0.341 e. The van der Waals surface area contributed by atoms with E-state index in [0.29, 0.717) is 32.4 Å². The molecule has 132 valence electrons. The van der Waals surface area contributed by atoms with Gasteiger partial charge in [0.25, 0.3) is 0 Å². The van der Waals surface area contributed by atoms with Gasteiger partial charge in [-0.15, -0.1) is 0 Å². The van der Waals surface area contributed by atoms with E-state index in [1.165, 1.54) is 0 Å². The van der Waals surface area contributed by atoms with Crippen molar-refractivity contribution in [2.75, 3.05) is 31.6 Å². The normalized spacial score (nSPS) is 24.7. The number of urea groups is 1. The van der Waals surface area contributed by atoms with Gasteiger partial charge in [0.2, 0.25) is 5.91 Å². The molecule has 23 heavy (non-hydrogen) atoms. The van der Waals surface area contributed by atoms with E-state index in [2.05, 4.69) is 5.32 Å². The molecule has 0 aromatic carbocycles. The number of amides is 3. The average Bonchev–Trinajstić information content (AvgIpc) is 2.85. The molecule has 0 saturated carbocycles. The molecule has 2 fully saturated rings. The molecule has 2 heterocycles. The number of nitrogens with zero attached hydrogens (tertiary/aromatic N) is 2. The number of piperidine rings is 1. The minimum absolute atomic E-state index is 0.0102. The van der Waals surface area contributed by atoms with E-state index in [9.17, 15) is 18.0 Å². The number of hydrogen-bond acceptors (Lipinski definition) is 4. The molecule has 2 saturated heterocycles. The summed E-state index contributed by atoms with van der Waals surface area (Å²) in [5.74, 6) is 0.135. The lowest BCUT2D eigenvalue weighted by molar-refractivity contribution is -0.137. The first-order chi connectivity index (χ1) is 10.7. The second kappa shape index (κ2) is 7.07. The zero-order valence-electron chi connectivity index (χ0n) is 14.1. The predicted molar refractivity (Wildman–Crippen MR) is 87.8 cm³/mol. The Bertz CT molecular complexity index is 553. The van der Waals surface area contributed by atoms with Gasteiger partial charge in [0.1, 0.15) is 0 Å². The van der Waals surface area contributed by atoms with E-state index >= 15 is 0 Å². The Morgan fingerprint density at radius 2 is 1.78 bits per heavy atom. The molecule has 0 aromatic heterocycles. The summed E-state index contributed by atoms with van der Waals surface area (Å²) < 4.78 is 23.1. The summed E-state index contributed by atoms with van der Waals surface area (Å²) in [4.78, 5) is 27.9. The van der Waals surface area contributed by atoms with Crippen molar-refractivity contribution in [3.8, 4) is 0 Å². The van der Waals surface area contributed by atoms with Crippen LogP contribution in [-0.4, -0.2) is 73.9 Å². The van der Waals surface area contributed by atoms with Crippen LogP contribution in [0.3, 0.4) is 0 Å². The SMILES string of the molecule is CC(C)NC(=O)N1CCC(C(=O)N(C)C2CCS(=O)(=O)C2)CC1. The van der Waals surface area contributed by atoms with Gasteiger partial charge in [-0.05, 0) is 33.1 Å². The van der Waals surface area contributed by atoms with Crippen LogP contribution in [0.2, 0.25) is 0 Å². The molecule has 2 aliphatic heterocycles. The quantitative estimate of drug-likeness (QED) is 0.805. The van der Waals surface area contributed by atoms with Crippen molar-refractivity contribution in [2.24, 2.45) is 5.92 Å². The highest BCUT2D eigenvalue weighted by Crippen LogP contribution is 2.23. The lowest BCUT2D eigenvalue weighted by atomic mass is 9.95. The van der Waals surface area contributed by atoms with Crippen molar-refractivity contribution >= 4 is 21.8 Å². The molecule has 2 rings (SSSR count). The van der Waals surface area contributed by atoms with E-state index in [4.69, 9.17) is 0 Å². The number of nitrogens with one attached hydrogen (secondary N) is 1. The summed E-state index contributed by atoms with van der Waals surface area (Å²) in [7, 11) is -1.29. The first-order valence-corrected chi connectivity index (χ1v) is 10.0. The Kier molecular flexibility index (Phi) is 5.54. The molecule has 3 amide bonds. The molecular weight excluding hydrogens is 318 g/mol. The first-order valence-electron chi connectivity index (χ1n) is 8.22. The summed E-state index contributed by atoms with van der Waals surface area (Å²) in [5, 5.41) is 2.86. The van der Waals surface area contributed by atoms with Gasteiger partial charge < -0.3 is 15.1 Å². The predicted octanol–water partition coefficient (Wildman–Crippen LogP) is 0.462. The van der Waals surface area contributed by atoms with Crippen LogP contribution in [0.4, 0.5) is 4.79 Å². The van der Waals surface area contributed by atoms with Gasteiger partial charge in [0, 0.05) is 38.1 Å². The maximum atomic E-state index is 12.6. The van der Waals surface area contributed by atoms with Gasteiger partial charge in [-0.25, -0.2) is 13.2 Å². The lowest BCUT2D eigenvalue weighted by Crippen LogP contribution is -2.49. The summed E-state index contributed by atoms with van der Waals surface area (Å²) in [6, 6.07) is -0.187. The Morgan fingerprint density at radius 3 is 2.26 bits per heavy atom. The van der Waals surface area contributed by atoms with Crippen LogP contribution in [0, 0.1) is 5.92 Å². The third kappa shape index (κ3) is 4.59. The summed E-state index contributed by atoms with van der Waals surface area (Å²) in [5.41, 5.74) is 0. The highest BCUT2D eigenvalue weighted by molar-refractivity contribution is 7.91. The van der Waals surface area contributed by atoms with E-state index in [1.807, 2.05) is 13.8 Å². The molecule has 0 radical (unpaired) electrons. The van der Waals surface area contributed by atoms with Gasteiger partial charge in [0.15, 0.2) is 9.84 Å². The van der Waals surface area contributed by atoms with Gasteiger partial charge in [0.05, 0.1) is 11.5 Å². The number of carbonyl (C=O) groups is 2. The Labute approximate surface area is 138 Å². The fourth-order valence-electron chi connectivity index (χ4n) is 3.22. The molecule has 8 heteroatoms. The molecule has 1 unspecified atom stereocenters. The van der Waals surface area contributed by atoms with Crippen molar-refractivity contribution in [1.29, 1.82) is 0 Å². The van der Waals surface area contributed by atoms with Crippen LogP contribution in [0.1, 0.15) is 33.1 Å². The number of rotatable bonds is 3. The maximum Gasteiger partial charge on any atom is 0.317 e. The van der Waals surface area contributed by atoms with Gasteiger partial charge in [-0.3, -0.25) is 4.79 Å². The molecule has 1 atom stereocenters. The Balaban J connectivity index is 1.85. The van der Waals surface area contributed by atoms with Crippen molar-refractivity contribution in [1.82, 2.24) is 15.1 Å².